The van der Waals surface area contributed by atoms with Crippen molar-refractivity contribution in [3.8, 4) is 0 Å². The van der Waals surface area contributed by atoms with E-state index in [0.717, 1.165) is 25.9 Å². The zero-order valence-corrected chi connectivity index (χ0v) is 11.6. The molecule has 1 heterocycles. The number of nitrogens with two attached hydrogens (primary N) is 2. The first-order valence-electron chi connectivity index (χ1n) is 6.59. The molecule has 1 amide bonds. The molecule has 104 valence electrons. The number of amides is 1. The summed E-state index contributed by atoms with van der Waals surface area (Å²) in [7, 11) is 3.96. The van der Waals surface area contributed by atoms with Crippen LogP contribution in [0.3, 0.4) is 0 Å². The highest BCUT2D eigenvalue weighted by atomic mass is 16.2. The number of carbonyl (C=O) groups excluding carboxylic acids is 1. The number of rotatable bonds is 2. The van der Waals surface area contributed by atoms with Gasteiger partial charge in [0.25, 0.3) is 5.91 Å². The van der Waals surface area contributed by atoms with Gasteiger partial charge in [0.05, 0.1) is 5.56 Å². The minimum atomic E-state index is -0.0212. The van der Waals surface area contributed by atoms with Crippen LogP contribution in [-0.4, -0.2) is 48.9 Å². The van der Waals surface area contributed by atoms with Gasteiger partial charge in [-0.05, 0) is 51.2 Å². The van der Waals surface area contributed by atoms with Crippen molar-refractivity contribution in [1.82, 2.24) is 9.80 Å². The Balaban J connectivity index is 2.10. The standard InChI is InChI=1S/C14H22N4O/c1-17-7-5-11(6-8-17)18(2)14(19)12-4-3-10(15)9-13(12)16/h3-4,9,11H,5-8,15-16H2,1-2H3. The van der Waals surface area contributed by atoms with Crippen LogP contribution in [0.15, 0.2) is 18.2 Å². The first-order valence-corrected chi connectivity index (χ1v) is 6.59. The summed E-state index contributed by atoms with van der Waals surface area (Å²) in [6.07, 6.45) is 2.02. The first-order chi connectivity index (χ1) is 8.99. The van der Waals surface area contributed by atoms with E-state index in [2.05, 4.69) is 11.9 Å². The Hall–Kier alpha value is -1.75. The number of benzene rings is 1. The van der Waals surface area contributed by atoms with E-state index in [4.69, 9.17) is 11.5 Å². The predicted molar refractivity (Wildman–Crippen MR) is 77.9 cm³/mol. The van der Waals surface area contributed by atoms with Crippen LogP contribution in [0.25, 0.3) is 0 Å². The number of piperidine rings is 1. The molecule has 19 heavy (non-hydrogen) atoms. The van der Waals surface area contributed by atoms with E-state index in [-0.39, 0.29) is 5.91 Å². The second-order valence-electron chi connectivity index (χ2n) is 5.30. The lowest BCUT2D eigenvalue weighted by Gasteiger charge is -2.35. The lowest BCUT2D eigenvalue weighted by molar-refractivity contribution is 0.0660. The van der Waals surface area contributed by atoms with E-state index >= 15 is 0 Å². The zero-order chi connectivity index (χ0) is 14.0. The molecule has 1 aliphatic heterocycles. The molecule has 2 rings (SSSR count). The summed E-state index contributed by atoms with van der Waals surface area (Å²) >= 11 is 0. The molecular formula is C14H22N4O. The van der Waals surface area contributed by atoms with Crippen molar-refractivity contribution >= 4 is 17.3 Å². The summed E-state index contributed by atoms with van der Waals surface area (Å²) in [5, 5.41) is 0. The minimum absolute atomic E-state index is 0.0212. The van der Waals surface area contributed by atoms with Crippen molar-refractivity contribution in [2.75, 3.05) is 38.7 Å². The van der Waals surface area contributed by atoms with Crippen LogP contribution in [0.1, 0.15) is 23.2 Å². The van der Waals surface area contributed by atoms with E-state index in [1.54, 1.807) is 18.2 Å². The molecule has 0 unspecified atom stereocenters. The third-order valence-electron chi connectivity index (χ3n) is 3.86. The topological polar surface area (TPSA) is 75.6 Å². The molecule has 1 aliphatic rings. The van der Waals surface area contributed by atoms with Gasteiger partial charge in [-0.1, -0.05) is 0 Å². The Morgan fingerprint density at radius 3 is 2.53 bits per heavy atom. The molecule has 0 radical (unpaired) electrons. The smallest absolute Gasteiger partial charge is 0.255 e. The lowest BCUT2D eigenvalue weighted by atomic mass is 10.0. The largest absolute Gasteiger partial charge is 0.399 e. The van der Waals surface area contributed by atoms with Crippen molar-refractivity contribution in [3.63, 3.8) is 0 Å². The summed E-state index contributed by atoms with van der Waals surface area (Å²) in [5.41, 5.74) is 13.1. The van der Waals surface area contributed by atoms with Crippen LogP contribution in [0.2, 0.25) is 0 Å². The van der Waals surface area contributed by atoms with Crippen molar-refractivity contribution in [2.24, 2.45) is 0 Å². The van der Waals surface area contributed by atoms with Crippen LogP contribution in [-0.2, 0) is 0 Å². The highest BCUT2D eigenvalue weighted by Gasteiger charge is 2.25. The quantitative estimate of drug-likeness (QED) is 0.780. The fourth-order valence-electron chi connectivity index (χ4n) is 2.51. The van der Waals surface area contributed by atoms with Gasteiger partial charge >= 0.3 is 0 Å². The van der Waals surface area contributed by atoms with E-state index in [1.165, 1.54) is 0 Å². The Bertz CT molecular complexity index is 467. The number of nitrogens with zero attached hydrogens (tertiary/aromatic N) is 2. The fourth-order valence-corrected chi connectivity index (χ4v) is 2.51. The monoisotopic (exact) mass is 262 g/mol. The average Bonchev–Trinajstić information content (AvgIpc) is 2.38. The normalized spacial score (nSPS) is 17.4. The number of anilines is 2. The van der Waals surface area contributed by atoms with E-state index in [1.807, 2.05) is 11.9 Å². The van der Waals surface area contributed by atoms with Crippen LogP contribution in [0.5, 0.6) is 0 Å². The Labute approximate surface area is 114 Å². The molecule has 0 aromatic heterocycles. The Kier molecular flexibility index (Phi) is 3.95. The van der Waals surface area contributed by atoms with E-state index < -0.39 is 0 Å². The molecule has 1 aromatic carbocycles. The maximum Gasteiger partial charge on any atom is 0.255 e. The van der Waals surface area contributed by atoms with Crippen molar-refractivity contribution in [2.45, 2.75) is 18.9 Å². The van der Waals surface area contributed by atoms with Gasteiger partial charge in [0.15, 0.2) is 0 Å². The predicted octanol–water partition coefficient (Wildman–Crippen LogP) is 1.02. The molecule has 4 N–H and O–H groups in total. The molecule has 0 bridgehead atoms. The van der Waals surface area contributed by atoms with Crippen LogP contribution < -0.4 is 11.5 Å². The molecule has 0 aliphatic carbocycles. The van der Waals surface area contributed by atoms with Crippen molar-refractivity contribution in [3.05, 3.63) is 23.8 Å². The number of hydrogen-bond acceptors (Lipinski definition) is 4. The summed E-state index contributed by atoms with van der Waals surface area (Å²) in [6.45, 7) is 2.05. The summed E-state index contributed by atoms with van der Waals surface area (Å²) in [5.74, 6) is -0.0212. The van der Waals surface area contributed by atoms with Gasteiger partial charge in [0.1, 0.15) is 0 Å². The van der Waals surface area contributed by atoms with Crippen LogP contribution >= 0.6 is 0 Å². The highest BCUT2D eigenvalue weighted by molar-refractivity contribution is 5.99. The Morgan fingerprint density at radius 2 is 1.95 bits per heavy atom. The maximum absolute atomic E-state index is 12.4. The molecule has 5 heteroatoms. The molecule has 0 saturated carbocycles. The van der Waals surface area contributed by atoms with Gasteiger partial charge in [-0.2, -0.15) is 0 Å². The average molecular weight is 262 g/mol. The summed E-state index contributed by atoms with van der Waals surface area (Å²) in [6, 6.07) is 5.35. The number of carbonyl (C=O) groups is 1. The maximum atomic E-state index is 12.4. The number of hydrogen-bond donors (Lipinski definition) is 2. The van der Waals surface area contributed by atoms with Gasteiger partial charge < -0.3 is 21.3 Å². The molecule has 1 saturated heterocycles. The zero-order valence-electron chi connectivity index (χ0n) is 11.6. The van der Waals surface area contributed by atoms with Gasteiger partial charge in [-0.3, -0.25) is 4.79 Å². The second-order valence-corrected chi connectivity index (χ2v) is 5.30. The fraction of sp³-hybridized carbons (Fsp3) is 0.500. The molecule has 1 aromatic rings. The molecule has 1 fully saturated rings. The van der Waals surface area contributed by atoms with Gasteiger partial charge in [0.2, 0.25) is 0 Å². The molecule has 5 nitrogen and oxygen atoms in total. The van der Waals surface area contributed by atoms with Gasteiger partial charge in [0, 0.05) is 24.5 Å². The van der Waals surface area contributed by atoms with Gasteiger partial charge in [-0.25, -0.2) is 0 Å². The SMILES string of the molecule is CN1CCC(N(C)C(=O)c2ccc(N)cc2N)CC1. The molecule has 0 atom stereocenters. The summed E-state index contributed by atoms with van der Waals surface area (Å²) in [4.78, 5) is 16.5. The second kappa shape index (κ2) is 5.48. The lowest BCUT2D eigenvalue weighted by Crippen LogP contribution is -2.44. The van der Waals surface area contributed by atoms with Crippen LogP contribution in [0, 0.1) is 0 Å². The minimum Gasteiger partial charge on any atom is -0.399 e. The number of nitrogen functional groups attached to an aromatic ring is 2. The Morgan fingerprint density at radius 1 is 1.32 bits per heavy atom. The highest BCUT2D eigenvalue weighted by Crippen LogP contribution is 2.21. The number of likely N-dealkylation sites (tertiary alicyclic amines) is 1. The van der Waals surface area contributed by atoms with E-state index in [9.17, 15) is 4.79 Å². The summed E-state index contributed by atoms with van der Waals surface area (Å²) < 4.78 is 0. The van der Waals surface area contributed by atoms with Crippen molar-refractivity contribution in [1.29, 1.82) is 0 Å². The third kappa shape index (κ3) is 2.98. The molecule has 0 spiro atoms. The van der Waals surface area contributed by atoms with Crippen molar-refractivity contribution < 1.29 is 4.79 Å². The van der Waals surface area contributed by atoms with Gasteiger partial charge in [-0.15, -0.1) is 0 Å². The first kappa shape index (κ1) is 13.7. The van der Waals surface area contributed by atoms with E-state index in [0.29, 0.717) is 23.0 Å². The molecular weight excluding hydrogens is 240 g/mol. The third-order valence-corrected chi connectivity index (χ3v) is 3.86. The van der Waals surface area contributed by atoms with Crippen LogP contribution in [0.4, 0.5) is 11.4 Å².